The number of nitrogens with zero attached hydrogens (tertiary/aromatic N) is 1. The van der Waals surface area contributed by atoms with Gasteiger partial charge in [-0.25, -0.2) is 12.8 Å². The maximum absolute atomic E-state index is 13.1. The van der Waals surface area contributed by atoms with Crippen LogP contribution in [-0.2, 0) is 14.8 Å². The number of piperidine rings is 1. The van der Waals surface area contributed by atoms with E-state index in [0.717, 1.165) is 31.4 Å². The van der Waals surface area contributed by atoms with Crippen molar-refractivity contribution in [2.45, 2.75) is 50.0 Å². The zero-order valence-electron chi connectivity index (χ0n) is 15.2. The van der Waals surface area contributed by atoms with Crippen molar-refractivity contribution in [3.8, 4) is 0 Å². The maximum atomic E-state index is 13.1. The molecule has 2 unspecified atom stereocenters. The number of carbonyl (C=O) groups is 1. The van der Waals surface area contributed by atoms with Gasteiger partial charge in [0.2, 0.25) is 15.9 Å². The van der Waals surface area contributed by atoms with E-state index in [4.69, 9.17) is 5.73 Å². The predicted octanol–water partition coefficient (Wildman–Crippen LogP) is 1.86. The fourth-order valence-corrected chi connectivity index (χ4v) is 4.67. The predicted molar refractivity (Wildman–Crippen MR) is 98.4 cm³/mol. The molecule has 1 aliphatic heterocycles. The number of halogens is 1. The van der Waals surface area contributed by atoms with Crippen LogP contribution in [0.4, 0.5) is 4.39 Å². The smallest absolute Gasteiger partial charge is 0.243 e. The molecule has 2 rings (SSSR count). The van der Waals surface area contributed by atoms with E-state index in [-0.39, 0.29) is 23.4 Å². The van der Waals surface area contributed by atoms with Crippen molar-refractivity contribution in [1.29, 1.82) is 0 Å². The first-order valence-electron chi connectivity index (χ1n) is 9.14. The lowest BCUT2D eigenvalue weighted by atomic mass is 9.98. The molecule has 1 aliphatic rings. The summed E-state index contributed by atoms with van der Waals surface area (Å²) in [5, 5.41) is 2.96. The molecule has 8 heteroatoms. The molecule has 1 fully saturated rings. The molecule has 2 atom stereocenters. The molecule has 1 amide bonds. The number of rotatable bonds is 8. The van der Waals surface area contributed by atoms with Crippen LogP contribution in [0, 0.1) is 11.7 Å². The molecule has 26 heavy (non-hydrogen) atoms. The lowest BCUT2D eigenvalue weighted by molar-refractivity contribution is -0.126. The first-order valence-corrected chi connectivity index (χ1v) is 10.6. The van der Waals surface area contributed by atoms with Crippen LogP contribution in [0.1, 0.15) is 39.0 Å². The second kappa shape index (κ2) is 9.43. The van der Waals surface area contributed by atoms with Gasteiger partial charge in [0.15, 0.2) is 0 Å². The van der Waals surface area contributed by atoms with Crippen LogP contribution >= 0.6 is 0 Å². The van der Waals surface area contributed by atoms with Crippen LogP contribution in [0.5, 0.6) is 0 Å². The molecule has 0 bridgehead atoms. The van der Waals surface area contributed by atoms with Gasteiger partial charge in [-0.15, -0.1) is 0 Å². The number of nitrogens with one attached hydrogen (secondary N) is 1. The highest BCUT2D eigenvalue weighted by Gasteiger charge is 2.33. The van der Waals surface area contributed by atoms with E-state index in [1.165, 1.54) is 16.4 Å². The van der Waals surface area contributed by atoms with Crippen molar-refractivity contribution in [2.75, 3.05) is 19.6 Å². The number of amides is 1. The number of unbranched alkanes of at least 4 members (excludes halogenated alkanes) is 1. The first-order chi connectivity index (χ1) is 12.4. The monoisotopic (exact) mass is 385 g/mol. The number of nitrogens with two attached hydrogens (primary N) is 1. The van der Waals surface area contributed by atoms with E-state index >= 15 is 0 Å². The summed E-state index contributed by atoms with van der Waals surface area (Å²) in [6.45, 7) is 2.95. The minimum atomic E-state index is -3.73. The van der Waals surface area contributed by atoms with Gasteiger partial charge in [-0.1, -0.05) is 19.8 Å². The lowest BCUT2D eigenvalue weighted by Crippen LogP contribution is -2.49. The van der Waals surface area contributed by atoms with Gasteiger partial charge in [-0.05, 0) is 43.5 Å². The summed E-state index contributed by atoms with van der Waals surface area (Å²) in [6, 6.07) is 4.68. The molecule has 0 radical (unpaired) electrons. The third-order valence-electron chi connectivity index (χ3n) is 4.74. The Balaban J connectivity index is 2.03. The number of hydrogen-bond acceptors (Lipinski definition) is 4. The standard InChI is InChI=1S/C18H28FN3O3S/c1-2-3-6-16(12-20)21-18(23)14-5-4-11-22(13-14)26(24,25)17-9-7-15(19)8-10-17/h7-10,14,16H,2-6,11-13,20H2,1H3,(H,21,23). The van der Waals surface area contributed by atoms with Gasteiger partial charge in [0.05, 0.1) is 10.8 Å². The van der Waals surface area contributed by atoms with Gasteiger partial charge in [0, 0.05) is 25.7 Å². The highest BCUT2D eigenvalue weighted by atomic mass is 32.2. The van der Waals surface area contributed by atoms with Crippen molar-refractivity contribution in [3.05, 3.63) is 30.1 Å². The fraction of sp³-hybridized carbons (Fsp3) is 0.611. The Labute approximate surface area is 155 Å². The van der Waals surface area contributed by atoms with Crippen LogP contribution in [0.25, 0.3) is 0 Å². The molecule has 0 spiro atoms. The van der Waals surface area contributed by atoms with Crippen LogP contribution in [0.2, 0.25) is 0 Å². The van der Waals surface area contributed by atoms with Crippen molar-refractivity contribution < 1.29 is 17.6 Å². The Kier molecular flexibility index (Phi) is 7.55. The van der Waals surface area contributed by atoms with Crippen LogP contribution < -0.4 is 11.1 Å². The third-order valence-corrected chi connectivity index (χ3v) is 6.62. The van der Waals surface area contributed by atoms with E-state index < -0.39 is 21.8 Å². The van der Waals surface area contributed by atoms with E-state index in [2.05, 4.69) is 12.2 Å². The van der Waals surface area contributed by atoms with E-state index in [1.807, 2.05) is 0 Å². The van der Waals surface area contributed by atoms with Crippen molar-refractivity contribution in [1.82, 2.24) is 9.62 Å². The Morgan fingerprint density at radius 3 is 2.69 bits per heavy atom. The van der Waals surface area contributed by atoms with Crippen molar-refractivity contribution in [2.24, 2.45) is 11.7 Å². The van der Waals surface area contributed by atoms with E-state index in [9.17, 15) is 17.6 Å². The van der Waals surface area contributed by atoms with Crippen molar-refractivity contribution >= 4 is 15.9 Å². The topological polar surface area (TPSA) is 92.5 Å². The molecule has 1 heterocycles. The van der Waals surface area contributed by atoms with E-state index in [0.29, 0.717) is 25.9 Å². The van der Waals surface area contributed by atoms with Crippen LogP contribution in [0.3, 0.4) is 0 Å². The molecule has 6 nitrogen and oxygen atoms in total. The Hall–Kier alpha value is -1.51. The number of sulfonamides is 1. The van der Waals surface area contributed by atoms with Gasteiger partial charge < -0.3 is 11.1 Å². The van der Waals surface area contributed by atoms with Gasteiger partial charge in [0.1, 0.15) is 5.82 Å². The number of benzene rings is 1. The molecule has 0 saturated carbocycles. The molecule has 1 saturated heterocycles. The quantitative estimate of drug-likeness (QED) is 0.714. The van der Waals surface area contributed by atoms with Gasteiger partial charge in [-0.2, -0.15) is 4.31 Å². The summed E-state index contributed by atoms with van der Waals surface area (Å²) in [5.74, 6) is -1.02. The molecule has 146 valence electrons. The maximum Gasteiger partial charge on any atom is 0.243 e. The summed E-state index contributed by atoms with van der Waals surface area (Å²) in [5.41, 5.74) is 5.72. The lowest BCUT2D eigenvalue weighted by Gasteiger charge is -2.32. The Morgan fingerprint density at radius 1 is 1.38 bits per heavy atom. The first kappa shape index (κ1) is 20.8. The van der Waals surface area contributed by atoms with Gasteiger partial charge in [-0.3, -0.25) is 4.79 Å². The van der Waals surface area contributed by atoms with Gasteiger partial charge in [0.25, 0.3) is 0 Å². The zero-order chi connectivity index (χ0) is 19.2. The minimum Gasteiger partial charge on any atom is -0.352 e. The summed E-state index contributed by atoms with van der Waals surface area (Å²) in [6.07, 6.45) is 4.09. The largest absolute Gasteiger partial charge is 0.352 e. The van der Waals surface area contributed by atoms with Crippen LogP contribution in [-0.4, -0.2) is 44.3 Å². The van der Waals surface area contributed by atoms with Gasteiger partial charge >= 0.3 is 0 Å². The second-order valence-corrected chi connectivity index (χ2v) is 8.68. The summed E-state index contributed by atoms with van der Waals surface area (Å²) in [4.78, 5) is 12.6. The molecule has 3 N–H and O–H groups in total. The highest BCUT2D eigenvalue weighted by Crippen LogP contribution is 2.24. The highest BCUT2D eigenvalue weighted by molar-refractivity contribution is 7.89. The minimum absolute atomic E-state index is 0.0442. The summed E-state index contributed by atoms with van der Waals surface area (Å²) in [7, 11) is -3.73. The normalized spacial score (nSPS) is 19.9. The average molecular weight is 386 g/mol. The number of carbonyl (C=O) groups excluding carboxylic acids is 1. The molecule has 1 aromatic rings. The molecule has 0 aromatic heterocycles. The van der Waals surface area contributed by atoms with Crippen molar-refractivity contribution in [3.63, 3.8) is 0 Å². The SMILES string of the molecule is CCCCC(CN)NC(=O)C1CCCN(S(=O)(=O)c2ccc(F)cc2)C1. The third kappa shape index (κ3) is 5.25. The fourth-order valence-electron chi connectivity index (χ4n) is 3.15. The van der Waals surface area contributed by atoms with E-state index in [1.54, 1.807) is 0 Å². The summed E-state index contributed by atoms with van der Waals surface area (Å²) < 4.78 is 39.9. The Bertz CT molecular complexity index is 694. The average Bonchev–Trinajstić information content (AvgIpc) is 2.65. The zero-order valence-corrected chi connectivity index (χ0v) is 16.0. The number of hydrogen-bond donors (Lipinski definition) is 2. The molecule has 0 aliphatic carbocycles. The second-order valence-electron chi connectivity index (χ2n) is 6.74. The molecule has 1 aromatic carbocycles. The summed E-state index contributed by atoms with van der Waals surface area (Å²) >= 11 is 0. The van der Waals surface area contributed by atoms with Crippen LogP contribution in [0.15, 0.2) is 29.2 Å². The Morgan fingerprint density at radius 2 is 2.08 bits per heavy atom. The molecular formula is C18H28FN3O3S. The molecular weight excluding hydrogens is 357 g/mol.